The molecule has 66 valence electrons. The molecule has 2 N–H and O–H groups in total. The number of halogens is 1. The van der Waals surface area contributed by atoms with Gasteiger partial charge in [-0.05, 0) is 6.42 Å². The van der Waals surface area contributed by atoms with E-state index in [2.05, 4.69) is 11.3 Å². The van der Waals surface area contributed by atoms with Crippen LogP contribution in [0.5, 0.6) is 0 Å². The van der Waals surface area contributed by atoms with E-state index in [4.69, 9.17) is 5.73 Å². The standard InChI is InChI=1S/C7H13NO2.ClH/c1-3-5-6(8)10-7(9)4-2;/h4,6H,2-3,5,8H2,1H3;1H. The van der Waals surface area contributed by atoms with E-state index in [0.717, 1.165) is 12.5 Å². The van der Waals surface area contributed by atoms with E-state index >= 15 is 0 Å². The summed E-state index contributed by atoms with van der Waals surface area (Å²) in [5, 5.41) is 0. The third-order valence-corrected chi connectivity index (χ3v) is 1.01. The maximum Gasteiger partial charge on any atom is 0.331 e. The van der Waals surface area contributed by atoms with Gasteiger partial charge in [0.25, 0.3) is 0 Å². The van der Waals surface area contributed by atoms with Crippen LogP contribution in [0.25, 0.3) is 0 Å². The monoisotopic (exact) mass is 179 g/mol. The molecule has 11 heavy (non-hydrogen) atoms. The number of rotatable bonds is 4. The van der Waals surface area contributed by atoms with Crippen LogP contribution in [-0.2, 0) is 9.53 Å². The Hall–Kier alpha value is -0.540. The van der Waals surface area contributed by atoms with Crippen LogP contribution in [0.3, 0.4) is 0 Å². The lowest BCUT2D eigenvalue weighted by molar-refractivity contribution is -0.142. The number of hydrogen-bond donors (Lipinski definition) is 1. The molecular formula is C7H14ClNO2. The number of hydrogen-bond acceptors (Lipinski definition) is 3. The van der Waals surface area contributed by atoms with Crippen LogP contribution in [0.1, 0.15) is 19.8 Å². The van der Waals surface area contributed by atoms with Crippen molar-refractivity contribution in [3.8, 4) is 0 Å². The first-order chi connectivity index (χ1) is 4.70. The number of ether oxygens (including phenoxy) is 1. The fourth-order valence-electron chi connectivity index (χ4n) is 0.541. The predicted molar refractivity (Wildman–Crippen MR) is 46.4 cm³/mol. The Morgan fingerprint density at radius 3 is 2.73 bits per heavy atom. The van der Waals surface area contributed by atoms with Gasteiger partial charge in [0.2, 0.25) is 0 Å². The zero-order chi connectivity index (χ0) is 7.98. The third kappa shape index (κ3) is 7.36. The molecule has 0 fully saturated rings. The molecule has 0 aromatic rings. The van der Waals surface area contributed by atoms with Crippen LogP contribution in [0.15, 0.2) is 12.7 Å². The average Bonchev–Trinajstić information content (AvgIpc) is 1.88. The third-order valence-electron chi connectivity index (χ3n) is 1.01. The molecule has 0 saturated heterocycles. The van der Waals surface area contributed by atoms with E-state index in [-0.39, 0.29) is 12.4 Å². The molecule has 0 rings (SSSR count). The average molecular weight is 180 g/mol. The van der Waals surface area contributed by atoms with Gasteiger partial charge in [-0.2, -0.15) is 0 Å². The lowest BCUT2D eigenvalue weighted by Crippen LogP contribution is -2.25. The zero-order valence-corrected chi connectivity index (χ0v) is 7.39. The van der Waals surface area contributed by atoms with Crippen LogP contribution in [0.4, 0.5) is 0 Å². The maximum absolute atomic E-state index is 10.5. The second-order valence-electron chi connectivity index (χ2n) is 1.97. The van der Waals surface area contributed by atoms with Gasteiger partial charge in [0.15, 0.2) is 6.23 Å². The molecule has 1 unspecified atom stereocenters. The minimum Gasteiger partial charge on any atom is -0.444 e. The fraction of sp³-hybridized carbons (Fsp3) is 0.571. The highest BCUT2D eigenvalue weighted by molar-refractivity contribution is 5.85. The van der Waals surface area contributed by atoms with Crippen molar-refractivity contribution in [1.82, 2.24) is 0 Å². The highest BCUT2D eigenvalue weighted by Gasteiger charge is 2.03. The molecule has 4 heteroatoms. The molecule has 0 spiro atoms. The lowest BCUT2D eigenvalue weighted by atomic mass is 10.3. The highest BCUT2D eigenvalue weighted by Crippen LogP contribution is 1.95. The van der Waals surface area contributed by atoms with Crippen molar-refractivity contribution in [1.29, 1.82) is 0 Å². The van der Waals surface area contributed by atoms with Gasteiger partial charge < -0.3 is 4.74 Å². The van der Waals surface area contributed by atoms with Crippen molar-refractivity contribution in [3.05, 3.63) is 12.7 Å². The van der Waals surface area contributed by atoms with E-state index in [9.17, 15) is 4.79 Å². The van der Waals surface area contributed by atoms with Crippen molar-refractivity contribution < 1.29 is 9.53 Å². The van der Waals surface area contributed by atoms with Gasteiger partial charge in [-0.25, -0.2) is 4.79 Å². The first kappa shape index (κ1) is 13.1. The Labute approximate surface area is 73.0 Å². The highest BCUT2D eigenvalue weighted by atomic mass is 35.5. The van der Waals surface area contributed by atoms with Crippen molar-refractivity contribution in [3.63, 3.8) is 0 Å². The first-order valence-corrected chi connectivity index (χ1v) is 3.29. The molecule has 0 aliphatic rings. The molecule has 0 heterocycles. The lowest BCUT2D eigenvalue weighted by Gasteiger charge is -2.08. The summed E-state index contributed by atoms with van der Waals surface area (Å²) in [6, 6.07) is 0. The Kier molecular flexibility index (Phi) is 9.00. The molecule has 1 atom stereocenters. The molecule has 3 nitrogen and oxygen atoms in total. The molecule has 0 aromatic carbocycles. The van der Waals surface area contributed by atoms with E-state index < -0.39 is 12.2 Å². The second kappa shape index (κ2) is 7.57. The molecular weight excluding hydrogens is 166 g/mol. The number of carbonyl (C=O) groups excluding carboxylic acids is 1. The molecule has 0 aliphatic carbocycles. The van der Waals surface area contributed by atoms with Crippen molar-refractivity contribution >= 4 is 18.4 Å². The summed E-state index contributed by atoms with van der Waals surface area (Å²) in [7, 11) is 0. The molecule has 0 saturated carbocycles. The van der Waals surface area contributed by atoms with Crippen molar-refractivity contribution in [2.24, 2.45) is 5.73 Å². The summed E-state index contributed by atoms with van der Waals surface area (Å²) < 4.78 is 4.66. The fourth-order valence-corrected chi connectivity index (χ4v) is 0.541. The summed E-state index contributed by atoms with van der Waals surface area (Å²) in [4.78, 5) is 10.5. The Morgan fingerprint density at radius 2 is 2.36 bits per heavy atom. The minimum absolute atomic E-state index is 0. The Morgan fingerprint density at radius 1 is 1.82 bits per heavy atom. The largest absolute Gasteiger partial charge is 0.444 e. The Balaban J connectivity index is 0. The first-order valence-electron chi connectivity index (χ1n) is 3.29. The van der Waals surface area contributed by atoms with E-state index in [1.807, 2.05) is 6.92 Å². The van der Waals surface area contributed by atoms with Gasteiger partial charge in [-0.3, -0.25) is 5.73 Å². The van der Waals surface area contributed by atoms with Gasteiger partial charge >= 0.3 is 5.97 Å². The summed E-state index contributed by atoms with van der Waals surface area (Å²) in [5.41, 5.74) is 5.37. The van der Waals surface area contributed by atoms with Gasteiger partial charge in [0, 0.05) is 6.08 Å². The molecule has 0 bridgehead atoms. The van der Waals surface area contributed by atoms with Gasteiger partial charge in [0.05, 0.1) is 0 Å². The summed E-state index contributed by atoms with van der Waals surface area (Å²) >= 11 is 0. The van der Waals surface area contributed by atoms with Crippen LogP contribution < -0.4 is 5.73 Å². The second-order valence-corrected chi connectivity index (χ2v) is 1.97. The van der Waals surface area contributed by atoms with Gasteiger partial charge in [-0.15, -0.1) is 12.4 Å². The number of carbonyl (C=O) groups is 1. The van der Waals surface area contributed by atoms with Gasteiger partial charge in [0.1, 0.15) is 0 Å². The number of nitrogens with two attached hydrogens (primary N) is 1. The zero-order valence-electron chi connectivity index (χ0n) is 6.58. The van der Waals surface area contributed by atoms with Gasteiger partial charge in [-0.1, -0.05) is 19.9 Å². The molecule has 0 aromatic heterocycles. The number of esters is 1. The smallest absolute Gasteiger partial charge is 0.331 e. The molecule has 0 aliphatic heterocycles. The quantitative estimate of drug-likeness (QED) is 0.401. The maximum atomic E-state index is 10.5. The van der Waals surface area contributed by atoms with E-state index in [1.165, 1.54) is 0 Å². The van der Waals surface area contributed by atoms with Crippen LogP contribution in [0, 0.1) is 0 Å². The SMILES string of the molecule is C=CC(=O)OC(N)CCC.Cl. The Bertz CT molecular complexity index is 128. The minimum atomic E-state index is -0.476. The van der Waals surface area contributed by atoms with Crippen LogP contribution >= 0.6 is 12.4 Å². The summed E-state index contributed by atoms with van der Waals surface area (Å²) in [6.45, 7) is 5.22. The molecule has 0 radical (unpaired) electrons. The summed E-state index contributed by atoms with van der Waals surface area (Å²) in [6.07, 6.45) is 2.23. The predicted octanol–water partition coefficient (Wildman–Crippen LogP) is 1.22. The normalized spacial score (nSPS) is 11.1. The van der Waals surface area contributed by atoms with Crippen molar-refractivity contribution in [2.45, 2.75) is 26.0 Å². The summed E-state index contributed by atoms with van der Waals surface area (Å²) in [5.74, 6) is -0.457. The molecule has 0 amide bonds. The van der Waals surface area contributed by atoms with E-state index in [0.29, 0.717) is 6.42 Å². The topological polar surface area (TPSA) is 52.3 Å². The van der Waals surface area contributed by atoms with Crippen LogP contribution in [-0.4, -0.2) is 12.2 Å². The van der Waals surface area contributed by atoms with Crippen LogP contribution in [0.2, 0.25) is 0 Å². The van der Waals surface area contributed by atoms with E-state index in [1.54, 1.807) is 0 Å². The van der Waals surface area contributed by atoms with Crippen molar-refractivity contribution in [2.75, 3.05) is 0 Å².